The summed E-state index contributed by atoms with van der Waals surface area (Å²) in [7, 11) is 0. The van der Waals surface area contributed by atoms with Crippen molar-refractivity contribution in [2.75, 3.05) is 10.6 Å². The zero-order chi connectivity index (χ0) is 14.3. The van der Waals surface area contributed by atoms with E-state index in [1.165, 1.54) is 6.33 Å². The van der Waals surface area contributed by atoms with Crippen LogP contribution >= 0.6 is 0 Å². The molecular formula is C15H15N5O. The zero-order valence-corrected chi connectivity index (χ0v) is 11.4. The fourth-order valence-electron chi connectivity index (χ4n) is 1.83. The van der Waals surface area contributed by atoms with Crippen LogP contribution in [0.4, 0.5) is 11.6 Å². The highest BCUT2D eigenvalue weighted by Gasteiger charge is 2.00. The Morgan fingerprint density at radius 3 is 2.43 bits per heavy atom. The van der Waals surface area contributed by atoms with Crippen molar-refractivity contribution in [1.82, 2.24) is 15.0 Å². The van der Waals surface area contributed by atoms with Crippen LogP contribution in [0, 0.1) is 0 Å². The molecule has 0 radical (unpaired) electrons. The number of hydrogen-bond acceptors (Lipinski definition) is 6. The van der Waals surface area contributed by atoms with Gasteiger partial charge < -0.3 is 15.1 Å². The maximum atomic E-state index is 5.26. The van der Waals surface area contributed by atoms with Crippen LogP contribution in [0.2, 0.25) is 0 Å². The van der Waals surface area contributed by atoms with Crippen LogP contribution in [0.1, 0.15) is 11.3 Å². The molecule has 3 heterocycles. The van der Waals surface area contributed by atoms with Gasteiger partial charge in [-0.1, -0.05) is 0 Å². The van der Waals surface area contributed by atoms with Crippen LogP contribution in [0.25, 0.3) is 0 Å². The lowest BCUT2D eigenvalue weighted by molar-refractivity contribution is 0.518. The van der Waals surface area contributed by atoms with E-state index in [2.05, 4.69) is 25.6 Å². The summed E-state index contributed by atoms with van der Waals surface area (Å²) in [5.74, 6) is 2.38. The molecule has 6 heteroatoms. The molecule has 3 aromatic rings. The van der Waals surface area contributed by atoms with Gasteiger partial charge in [-0.05, 0) is 29.8 Å². The second-order valence-corrected chi connectivity index (χ2v) is 4.43. The average molecular weight is 281 g/mol. The Bertz CT molecular complexity index is 670. The summed E-state index contributed by atoms with van der Waals surface area (Å²) in [5, 5.41) is 6.44. The molecule has 0 aliphatic rings. The lowest BCUT2D eigenvalue weighted by atomic mass is 10.3. The lowest BCUT2D eigenvalue weighted by Gasteiger charge is -2.08. The molecule has 0 aromatic carbocycles. The highest BCUT2D eigenvalue weighted by atomic mass is 16.3. The van der Waals surface area contributed by atoms with Crippen LogP contribution in [-0.2, 0) is 13.1 Å². The second kappa shape index (κ2) is 6.51. The molecule has 0 saturated carbocycles. The van der Waals surface area contributed by atoms with Gasteiger partial charge in [0, 0.05) is 25.0 Å². The second-order valence-electron chi connectivity index (χ2n) is 4.43. The van der Waals surface area contributed by atoms with Crippen molar-refractivity contribution in [3.8, 4) is 0 Å². The van der Waals surface area contributed by atoms with Gasteiger partial charge in [0.15, 0.2) is 0 Å². The van der Waals surface area contributed by atoms with Gasteiger partial charge in [-0.3, -0.25) is 4.98 Å². The van der Waals surface area contributed by atoms with Crippen molar-refractivity contribution in [3.05, 3.63) is 66.6 Å². The van der Waals surface area contributed by atoms with Crippen LogP contribution in [0.3, 0.4) is 0 Å². The van der Waals surface area contributed by atoms with E-state index >= 15 is 0 Å². The van der Waals surface area contributed by atoms with Gasteiger partial charge in [-0.2, -0.15) is 0 Å². The van der Waals surface area contributed by atoms with Crippen LogP contribution in [0.5, 0.6) is 0 Å². The number of furan rings is 1. The Morgan fingerprint density at radius 2 is 1.71 bits per heavy atom. The maximum absolute atomic E-state index is 5.26. The minimum atomic E-state index is 0.591. The fraction of sp³-hybridized carbons (Fsp3) is 0.133. The Kier molecular flexibility index (Phi) is 4.07. The highest BCUT2D eigenvalue weighted by Crippen LogP contribution is 2.11. The monoisotopic (exact) mass is 281 g/mol. The summed E-state index contributed by atoms with van der Waals surface area (Å²) in [6, 6.07) is 9.56. The van der Waals surface area contributed by atoms with Crippen LogP contribution in [-0.4, -0.2) is 15.0 Å². The van der Waals surface area contributed by atoms with E-state index in [0.29, 0.717) is 13.1 Å². The average Bonchev–Trinajstić information content (AvgIpc) is 3.06. The molecule has 6 nitrogen and oxygen atoms in total. The standard InChI is InChI=1S/C15H15N5O/c1-2-13(21-7-1)10-18-15-8-14(19-11-20-15)17-9-12-3-5-16-6-4-12/h1-8,11H,9-10H2,(H2,17,18,19,20). The maximum Gasteiger partial charge on any atom is 0.131 e. The molecule has 0 aliphatic carbocycles. The SMILES string of the molecule is c1coc(CNc2cc(NCc3ccncc3)ncn2)c1. The van der Waals surface area contributed by atoms with Crippen molar-refractivity contribution in [1.29, 1.82) is 0 Å². The van der Waals surface area contributed by atoms with E-state index < -0.39 is 0 Å². The summed E-state index contributed by atoms with van der Waals surface area (Å²) < 4.78 is 5.26. The number of anilines is 2. The van der Waals surface area contributed by atoms with Crippen LogP contribution in [0.15, 0.2) is 59.7 Å². The Morgan fingerprint density at radius 1 is 0.952 bits per heavy atom. The van der Waals surface area contributed by atoms with Crippen molar-refractivity contribution in [2.45, 2.75) is 13.1 Å². The molecule has 0 aliphatic heterocycles. The molecule has 3 aromatic heterocycles. The molecule has 0 bridgehead atoms. The molecule has 3 rings (SSSR count). The Hall–Kier alpha value is -2.89. The summed E-state index contributed by atoms with van der Waals surface area (Å²) in [6.07, 6.45) is 6.72. The predicted molar refractivity (Wildman–Crippen MR) is 79.6 cm³/mol. The summed E-state index contributed by atoms with van der Waals surface area (Å²) in [6.45, 7) is 1.28. The number of nitrogens with one attached hydrogen (secondary N) is 2. The van der Waals surface area contributed by atoms with E-state index in [0.717, 1.165) is 23.0 Å². The van der Waals surface area contributed by atoms with Gasteiger partial charge in [0.05, 0.1) is 12.8 Å². The number of nitrogens with zero attached hydrogens (tertiary/aromatic N) is 3. The van der Waals surface area contributed by atoms with E-state index in [1.54, 1.807) is 18.7 Å². The summed E-state index contributed by atoms with van der Waals surface area (Å²) in [4.78, 5) is 12.4. The quantitative estimate of drug-likeness (QED) is 0.723. The molecule has 21 heavy (non-hydrogen) atoms. The van der Waals surface area contributed by atoms with Gasteiger partial charge >= 0.3 is 0 Å². The zero-order valence-electron chi connectivity index (χ0n) is 11.4. The van der Waals surface area contributed by atoms with E-state index in [4.69, 9.17) is 4.42 Å². The normalized spacial score (nSPS) is 10.3. The van der Waals surface area contributed by atoms with Crippen molar-refractivity contribution in [3.63, 3.8) is 0 Å². The molecule has 0 fully saturated rings. The van der Waals surface area contributed by atoms with Crippen molar-refractivity contribution >= 4 is 11.6 Å². The molecule has 0 unspecified atom stereocenters. The first kappa shape index (κ1) is 13.1. The van der Waals surface area contributed by atoms with Gasteiger partial charge in [0.25, 0.3) is 0 Å². The molecule has 0 amide bonds. The molecule has 106 valence electrons. The van der Waals surface area contributed by atoms with Gasteiger partial charge in [0.1, 0.15) is 23.7 Å². The number of hydrogen-bond donors (Lipinski definition) is 2. The Labute approximate surface area is 122 Å². The van der Waals surface area contributed by atoms with Gasteiger partial charge in [-0.25, -0.2) is 9.97 Å². The van der Waals surface area contributed by atoms with E-state index in [9.17, 15) is 0 Å². The number of pyridine rings is 1. The molecular weight excluding hydrogens is 266 g/mol. The third-order valence-electron chi connectivity index (χ3n) is 2.91. The third-order valence-corrected chi connectivity index (χ3v) is 2.91. The highest BCUT2D eigenvalue weighted by molar-refractivity contribution is 5.46. The predicted octanol–water partition coefficient (Wildman–Crippen LogP) is 2.69. The number of aromatic nitrogens is 3. The Balaban J connectivity index is 1.58. The summed E-state index contributed by atoms with van der Waals surface area (Å²) >= 11 is 0. The van der Waals surface area contributed by atoms with Gasteiger partial charge in [-0.15, -0.1) is 0 Å². The fourth-order valence-corrected chi connectivity index (χ4v) is 1.83. The molecule has 2 N–H and O–H groups in total. The molecule has 0 spiro atoms. The minimum absolute atomic E-state index is 0.591. The smallest absolute Gasteiger partial charge is 0.131 e. The van der Waals surface area contributed by atoms with Gasteiger partial charge in [0.2, 0.25) is 0 Å². The first-order valence-electron chi connectivity index (χ1n) is 6.61. The number of rotatable bonds is 6. The minimum Gasteiger partial charge on any atom is -0.467 e. The topological polar surface area (TPSA) is 75.9 Å². The third kappa shape index (κ3) is 3.79. The van der Waals surface area contributed by atoms with Crippen LogP contribution < -0.4 is 10.6 Å². The van der Waals surface area contributed by atoms with E-state index in [1.807, 2.05) is 30.3 Å². The van der Waals surface area contributed by atoms with Crippen molar-refractivity contribution < 1.29 is 4.42 Å². The molecule has 0 saturated heterocycles. The van der Waals surface area contributed by atoms with Crippen molar-refractivity contribution in [2.24, 2.45) is 0 Å². The van der Waals surface area contributed by atoms with E-state index in [-0.39, 0.29) is 0 Å². The first-order chi connectivity index (χ1) is 10.4. The molecule has 0 atom stereocenters. The lowest BCUT2D eigenvalue weighted by Crippen LogP contribution is -2.05. The summed E-state index contributed by atoms with van der Waals surface area (Å²) in [5.41, 5.74) is 1.15. The first-order valence-corrected chi connectivity index (χ1v) is 6.61. The largest absolute Gasteiger partial charge is 0.467 e.